The number of nitrogens with one attached hydrogen (secondary N) is 1. The third kappa shape index (κ3) is 3.25. The van der Waals surface area contributed by atoms with Crippen LogP contribution in [-0.4, -0.2) is 28.6 Å². The highest BCUT2D eigenvalue weighted by Gasteiger charge is 2.22. The Kier molecular flexibility index (Phi) is 3.34. The number of carbonyl (C=O) groups excluding carboxylic acids is 1. The summed E-state index contributed by atoms with van der Waals surface area (Å²) in [5.74, 6) is -1.09. The molecule has 1 amide bonds. The van der Waals surface area contributed by atoms with Gasteiger partial charge in [0.2, 0.25) is 0 Å². The van der Waals surface area contributed by atoms with Gasteiger partial charge >= 0.3 is 5.97 Å². The van der Waals surface area contributed by atoms with E-state index in [1.54, 1.807) is 0 Å². The van der Waals surface area contributed by atoms with E-state index in [1.807, 2.05) is 0 Å². The largest absolute Gasteiger partial charge is 0.478 e. The molecule has 0 atom stereocenters. The monoisotopic (exact) mass is 236 g/mol. The van der Waals surface area contributed by atoms with Crippen LogP contribution in [0.15, 0.2) is 18.3 Å². The number of hydrogen-bond acceptors (Lipinski definition) is 4. The van der Waals surface area contributed by atoms with Gasteiger partial charge in [0.25, 0.3) is 5.91 Å². The van der Waals surface area contributed by atoms with E-state index in [4.69, 9.17) is 9.94 Å². The summed E-state index contributed by atoms with van der Waals surface area (Å²) < 4.78 is 0. The molecule has 0 bridgehead atoms. The van der Waals surface area contributed by atoms with Gasteiger partial charge in [0.15, 0.2) is 0 Å². The van der Waals surface area contributed by atoms with E-state index in [2.05, 4.69) is 10.5 Å². The first-order valence-electron chi connectivity index (χ1n) is 5.28. The fourth-order valence-electron chi connectivity index (χ4n) is 1.25. The second kappa shape index (κ2) is 4.92. The molecule has 90 valence electrons. The third-order valence-corrected chi connectivity index (χ3v) is 2.42. The molecule has 2 rings (SSSR count). The number of hydrogen-bond donors (Lipinski definition) is 2. The van der Waals surface area contributed by atoms with Crippen molar-refractivity contribution in [3.05, 3.63) is 29.6 Å². The molecule has 1 heterocycles. The van der Waals surface area contributed by atoms with Crippen molar-refractivity contribution in [3.63, 3.8) is 0 Å². The van der Waals surface area contributed by atoms with E-state index in [-0.39, 0.29) is 11.3 Å². The predicted molar refractivity (Wildman–Crippen MR) is 57.3 cm³/mol. The molecule has 0 radical (unpaired) electrons. The van der Waals surface area contributed by atoms with Crippen molar-refractivity contribution < 1.29 is 19.5 Å². The molecule has 0 saturated heterocycles. The molecule has 0 aliphatic heterocycles. The van der Waals surface area contributed by atoms with Crippen LogP contribution in [0.3, 0.4) is 0 Å². The van der Waals surface area contributed by atoms with Gasteiger partial charge in [-0.25, -0.2) is 10.3 Å². The molecular formula is C11H12N2O4. The van der Waals surface area contributed by atoms with Gasteiger partial charge in [-0.2, -0.15) is 0 Å². The summed E-state index contributed by atoms with van der Waals surface area (Å²) in [7, 11) is 0. The summed E-state index contributed by atoms with van der Waals surface area (Å²) in [6.07, 6.45) is 3.53. The Morgan fingerprint density at radius 3 is 2.94 bits per heavy atom. The zero-order chi connectivity index (χ0) is 12.3. The highest BCUT2D eigenvalue weighted by molar-refractivity contribution is 5.95. The van der Waals surface area contributed by atoms with E-state index in [0.717, 1.165) is 12.8 Å². The van der Waals surface area contributed by atoms with Crippen LogP contribution in [0.1, 0.15) is 33.7 Å². The minimum atomic E-state index is -1.10. The second-order valence-electron chi connectivity index (χ2n) is 3.92. The number of nitrogens with zero attached hydrogens (tertiary/aromatic N) is 1. The number of amides is 1. The van der Waals surface area contributed by atoms with Gasteiger partial charge in [-0.1, -0.05) is 0 Å². The number of carboxylic acids is 1. The molecule has 1 fully saturated rings. The minimum absolute atomic E-state index is 0.0207. The molecule has 1 aliphatic rings. The van der Waals surface area contributed by atoms with Crippen molar-refractivity contribution in [1.29, 1.82) is 0 Å². The van der Waals surface area contributed by atoms with Crippen LogP contribution < -0.4 is 5.48 Å². The van der Waals surface area contributed by atoms with E-state index in [9.17, 15) is 9.59 Å². The van der Waals surface area contributed by atoms with E-state index in [0.29, 0.717) is 12.5 Å². The van der Waals surface area contributed by atoms with Crippen LogP contribution in [0.25, 0.3) is 0 Å². The molecular weight excluding hydrogens is 224 g/mol. The molecule has 6 heteroatoms. The van der Waals surface area contributed by atoms with Crippen LogP contribution in [0.4, 0.5) is 0 Å². The highest BCUT2D eigenvalue weighted by atomic mass is 16.7. The maximum Gasteiger partial charge on any atom is 0.335 e. The number of aromatic carboxylic acids is 1. The fourth-order valence-corrected chi connectivity index (χ4v) is 1.25. The van der Waals surface area contributed by atoms with Gasteiger partial charge in [0.1, 0.15) is 5.69 Å². The first kappa shape index (κ1) is 11.5. The van der Waals surface area contributed by atoms with Gasteiger partial charge in [0, 0.05) is 6.20 Å². The Balaban J connectivity index is 1.92. The Hall–Kier alpha value is -1.95. The topological polar surface area (TPSA) is 88.5 Å². The lowest BCUT2D eigenvalue weighted by Crippen LogP contribution is -2.25. The summed E-state index contributed by atoms with van der Waals surface area (Å²) in [5.41, 5.74) is 2.29. The molecule has 6 nitrogen and oxygen atoms in total. The molecule has 1 aliphatic carbocycles. The number of hydroxylamine groups is 1. The Morgan fingerprint density at radius 2 is 2.29 bits per heavy atom. The fraction of sp³-hybridized carbons (Fsp3) is 0.364. The highest BCUT2D eigenvalue weighted by Crippen LogP contribution is 2.28. The SMILES string of the molecule is O=C(O)c1ccnc(C(=O)NOCC2CC2)c1. The van der Waals surface area contributed by atoms with Gasteiger partial charge in [-0.05, 0) is 30.9 Å². The summed E-state index contributed by atoms with van der Waals surface area (Å²) in [6.45, 7) is 0.490. The normalized spacial score (nSPS) is 14.4. The second-order valence-corrected chi connectivity index (χ2v) is 3.92. The predicted octanol–water partition coefficient (Wildman–Crippen LogP) is 0.851. The summed E-state index contributed by atoms with van der Waals surface area (Å²) in [5, 5.41) is 8.76. The average molecular weight is 236 g/mol. The first-order chi connectivity index (χ1) is 8.16. The van der Waals surface area contributed by atoms with E-state index in [1.165, 1.54) is 18.3 Å². The smallest absolute Gasteiger partial charge is 0.335 e. The van der Waals surface area contributed by atoms with Gasteiger partial charge in [-0.3, -0.25) is 14.6 Å². The Morgan fingerprint density at radius 1 is 1.53 bits per heavy atom. The number of rotatable bonds is 5. The lowest BCUT2D eigenvalue weighted by Gasteiger charge is -2.04. The van der Waals surface area contributed by atoms with Crippen LogP contribution in [0.2, 0.25) is 0 Å². The van der Waals surface area contributed by atoms with Gasteiger partial charge < -0.3 is 5.11 Å². The van der Waals surface area contributed by atoms with Crippen molar-refractivity contribution in [2.24, 2.45) is 5.92 Å². The van der Waals surface area contributed by atoms with Gasteiger partial charge in [-0.15, -0.1) is 0 Å². The van der Waals surface area contributed by atoms with Crippen molar-refractivity contribution in [2.45, 2.75) is 12.8 Å². The van der Waals surface area contributed by atoms with E-state index < -0.39 is 11.9 Å². The molecule has 1 aromatic rings. The van der Waals surface area contributed by atoms with Crippen LogP contribution in [-0.2, 0) is 4.84 Å². The van der Waals surface area contributed by atoms with Crippen molar-refractivity contribution >= 4 is 11.9 Å². The number of pyridine rings is 1. The Bertz CT molecular complexity index is 443. The minimum Gasteiger partial charge on any atom is -0.478 e. The third-order valence-electron chi connectivity index (χ3n) is 2.42. The lowest BCUT2D eigenvalue weighted by molar-refractivity contribution is 0.0266. The molecule has 2 N–H and O–H groups in total. The quantitative estimate of drug-likeness (QED) is 0.740. The number of carboxylic acid groups (broad SMARTS) is 1. The van der Waals surface area contributed by atoms with Crippen molar-refractivity contribution in [1.82, 2.24) is 10.5 Å². The van der Waals surface area contributed by atoms with Crippen molar-refractivity contribution in [2.75, 3.05) is 6.61 Å². The molecule has 1 saturated carbocycles. The zero-order valence-electron chi connectivity index (χ0n) is 9.05. The molecule has 17 heavy (non-hydrogen) atoms. The van der Waals surface area contributed by atoms with Crippen LogP contribution in [0, 0.1) is 5.92 Å². The van der Waals surface area contributed by atoms with E-state index >= 15 is 0 Å². The zero-order valence-corrected chi connectivity index (χ0v) is 9.05. The van der Waals surface area contributed by atoms with Gasteiger partial charge in [0.05, 0.1) is 12.2 Å². The summed E-state index contributed by atoms with van der Waals surface area (Å²) in [4.78, 5) is 31.0. The first-order valence-corrected chi connectivity index (χ1v) is 5.28. The maximum atomic E-state index is 11.5. The summed E-state index contributed by atoms with van der Waals surface area (Å²) >= 11 is 0. The standard InChI is InChI=1S/C11H12N2O4/c14-10(13-17-6-7-1-2-7)9-5-8(11(15)16)3-4-12-9/h3-5,7H,1-2,6H2,(H,13,14)(H,15,16). The van der Waals surface area contributed by atoms with Crippen LogP contribution in [0.5, 0.6) is 0 Å². The molecule has 0 unspecified atom stereocenters. The molecule has 0 spiro atoms. The summed E-state index contributed by atoms with van der Waals surface area (Å²) in [6, 6.07) is 2.53. The average Bonchev–Trinajstić information content (AvgIpc) is 3.13. The molecule has 1 aromatic heterocycles. The van der Waals surface area contributed by atoms with Crippen molar-refractivity contribution in [3.8, 4) is 0 Å². The number of aromatic nitrogens is 1. The van der Waals surface area contributed by atoms with Crippen LogP contribution >= 0.6 is 0 Å². The maximum absolute atomic E-state index is 11.5. The molecule has 0 aromatic carbocycles. The Labute approximate surface area is 97.6 Å². The number of carbonyl (C=O) groups is 2. The lowest BCUT2D eigenvalue weighted by atomic mass is 10.2.